The van der Waals surface area contributed by atoms with E-state index in [2.05, 4.69) is 4.98 Å². The normalized spacial score (nSPS) is 33.7. The monoisotopic (exact) mass is 261 g/mol. The Morgan fingerprint density at radius 2 is 2.05 bits per heavy atom. The fraction of sp³-hybridized carbons (Fsp3) is 0.429. The summed E-state index contributed by atoms with van der Waals surface area (Å²) >= 11 is 0. The van der Waals surface area contributed by atoms with Crippen LogP contribution in [0.5, 0.6) is 5.75 Å². The Hall–Kier alpha value is -1.56. The number of hydrogen-bond donors (Lipinski definition) is 2. The molecule has 5 heteroatoms. The second-order valence-electron chi connectivity index (χ2n) is 5.05. The second kappa shape index (κ2) is 4.23. The molecule has 0 amide bonds. The number of aromatic amines is 1. The van der Waals surface area contributed by atoms with Crippen LogP contribution in [0.1, 0.15) is 0 Å². The van der Waals surface area contributed by atoms with Gasteiger partial charge in [-0.05, 0) is 24.3 Å². The topological polar surface area (TPSA) is 63.7 Å². The van der Waals surface area contributed by atoms with Crippen molar-refractivity contribution in [2.24, 2.45) is 0 Å². The standard InChI is InChI=1S/C14H15NO4/c16-11-6-17-14-12(7-18-13(11)14)19-9-1-2-10-8(5-9)3-4-15-10/h1-5,11-16H,6-7H2/t11-,12-,13-,14-/m1/s1. The van der Waals surface area contributed by atoms with E-state index in [1.54, 1.807) is 0 Å². The van der Waals surface area contributed by atoms with Crippen molar-refractivity contribution in [2.45, 2.75) is 24.4 Å². The van der Waals surface area contributed by atoms with E-state index in [0.717, 1.165) is 16.7 Å². The zero-order valence-electron chi connectivity index (χ0n) is 10.3. The van der Waals surface area contributed by atoms with Gasteiger partial charge in [0.15, 0.2) is 6.10 Å². The molecule has 2 aliphatic rings. The summed E-state index contributed by atoms with van der Waals surface area (Å²) in [6.07, 6.45) is 0.793. The number of fused-ring (bicyclic) bond motifs is 2. The number of aromatic nitrogens is 1. The molecule has 0 saturated carbocycles. The van der Waals surface area contributed by atoms with E-state index in [9.17, 15) is 5.11 Å². The van der Waals surface area contributed by atoms with Gasteiger partial charge in [-0.1, -0.05) is 0 Å². The molecular formula is C14H15NO4. The van der Waals surface area contributed by atoms with Crippen LogP contribution in [0.2, 0.25) is 0 Å². The van der Waals surface area contributed by atoms with Gasteiger partial charge in [0.2, 0.25) is 0 Å². The fourth-order valence-corrected chi connectivity index (χ4v) is 2.82. The zero-order chi connectivity index (χ0) is 12.8. The first-order valence-corrected chi connectivity index (χ1v) is 6.46. The molecule has 2 N–H and O–H groups in total. The summed E-state index contributed by atoms with van der Waals surface area (Å²) in [5, 5.41) is 10.8. The van der Waals surface area contributed by atoms with Crippen LogP contribution >= 0.6 is 0 Å². The third-order valence-electron chi connectivity index (χ3n) is 3.79. The maximum atomic E-state index is 9.69. The number of rotatable bonds is 2. The van der Waals surface area contributed by atoms with Crippen LogP contribution in [0.25, 0.3) is 10.9 Å². The van der Waals surface area contributed by atoms with Crippen molar-refractivity contribution in [1.29, 1.82) is 0 Å². The van der Waals surface area contributed by atoms with Crippen molar-refractivity contribution in [3.8, 4) is 5.75 Å². The van der Waals surface area contributed by atoms with Gasteiger partial charge in [-0.3, -0.25) is 0 Å². The molecule has 1 aromatic carbocycles. The summed E-state index contributed by atoms with van der Waals surface area (Å²) in [6, 6.07) is 7.91. The largest absolute Gasteiger partial charge is 0.485 e. The Morgan fingerprint density at radius 3 is 3.00 bits per heavy atom. The molecule has 0 aliphatic carbocycles. The molecule has 4 atom stereocenters. The first-order valence-electron chi connectivity index (χ1n) is 6.46. The Morgan fingerprint density at radius 1 is 1.16 bits per heavy atom. The Kier molecular flexibility index (Phi) is 2.51. The molecule has 2 aliphatic heterocycles. The molecule has 2 saturated heterocycles. The molecule has 2 aromatic rings. The molecule has 100 valence electrons. The summed E-state index contributed by atoms with van der Waals surface area (Å²) in [5.74, 6) is 0.798. The summed E-state index contributed by atoms with van der Waals surface area (Å²) in [7, 11) is 0. The quantitative estimate of drug-likeness (QED) is 0.849. The van der Waals surface area contributed by atoms with E-state index < -0.39 is 6.10 Å². The summed E-state index contributed by atoms with van der Waals surface area (Å²) in [6.45, 7) is 0.781. The lowest BCUT2D eigenvalue weighted by molar-refractivity contribution is 0.00865. The molecular weight excluding hydrogens is 246 g/mol. The van der Waals surface area contributed by atoms with Crippen molar-refractivity contribution >= 4 is 10.9 Å². The Labute approximate surface area is 110 Å². The van der Waals surface area contributed by atoms with Crippen LogP contribution in [-0.4, -0.2) is 47.7 Å². The lowest BCUT2D eigenvalue weighted by Gasteiger charge is -2.17. The Balaban J connectivity index is 1.55. The van der Waals surface area contributed by atoms with E-state index in [4.69, 9.17) is 14.2 Å². The second-order valence-corrected chi connectivity index (χ2v) is 5.05. The average Bonchev–Trinajstić information content (AvgIpc) is 3.09. The lowest BCUT2D eigenvalue weighted by atomic mass is 10.1. The molecule has 0 unspecified atom stereocenters. The lowest BCUT2D eigenvalue weighted by Crippen LogP contribution is -2.34. The molecule has 0 bridgehead atoms. The predicted octanol–water partition coefficient (Wildman–Crippen LogP) is 1.07. The molecule has 2 fully saturated rings. The van der Waals surface area contributed by atoms with Crippen molar-refractivity contribution in [3.05, 3.63) is 30.5 Å². The van der Waals surface area contributed by atoms with Crippen LogP contribution in [0, 0.1) is 0 Å². The number of nitrogens with one attached hydrogen (secondary N) is 1. The molecule has 19 heavy (non-hydrogen) atoms. The minimum absolute atomic E-state index is 0.154. The summed E-state index contributed by atoms with van der Waals surface area (Å²) < 4.78 is 17.0. The number of ether oxygens (including phenoxy) is 3. The van der Waals surface area contributed by atoms with E-state index in [1.165, 1.54) is 0 Å². The van der Waals surface area contributed by atoms with Crippen molar-refractivity contribution in [1.82, 2.24) is 4.98 Å². The highest BCUT2D eigenvalue weighted by Crippen LogP contribution is 2.30. The van der Waals surface area contributed by atoms with Gasteiger partial charge in [0, 0.05) is 17.1 Å². The average molecular weight is 261 g/mol. The number of benzene rings is 1. The van der Waals surface area contributed by atoms with Crippen molar-refractivity contribution in [2.75, 3.05) is 13.2 Å². The molecule has 4 rings (SSSR count). The SMILES string of the molecule is O[C@@H]1CO[C@H]2[C@@H]1OC[C@H]2Oc1ccc2[nH]ccc2c1. The number of aliphatic hydroxyl groups excluding tert-OH is 1. The van der Waals surface area contributed by atoms with Gasteiger partial charge in [-0.2, -0.15) is 0 Å². The van der Waals surface area contributed by atoms with Crippen LogP contribution < -0.4 is 4.74 Å². The maximum absolute atomic E-state index is 9.69. The van der Waals surface area contributed by atoms with Gasteiger partial charge >= 0.3 is 0 Å². The molecule has 0 radical (unpaired) electrons. The maximum Gasteiger partial charge on any atom is 0.151 e. The smallest absolute Gasteiger partial charge is 0.151 e. The summed E-state index contributed by atoms with van der Waals surface area (Å²) in [5.41, 5.74) is 1.08. The fourth-order valence-electron chi connectivity index (χ4n) is 2.82. The zero-order valence-corrected chi connectivity index (χ0v) is 10.3. The minimum Gasteiger partial charge on any atom is -0.485 e. The van der Waals surface area contributed by atoms with Crippen LogP contribution in [0.4, 0.5) is 0 Å². The number of H-pyrrole nitrogens is 1. The highest BCUT2D eigenvalue weighted by Gasteiger charge is 2.48. The highest BCUT2D eigenvalue weighted by molar-refractivity contribution is 5.80. The first-order chi connectivity index (χ1) is 9.31. The minimum atomic E-state index is -0.536. The van der Waals surface area contributed by atoms with E-state index in [0.29, 0.717) is 13.2 Å². The number of hydrogen-bond acceptors (Lipinski definition) is 4. The predicted molar refractivity (Wildman–Crippen MR) is 68.2 cm³/mol. The molecule has 1 aromatic heterocycles. The van der Waals surface area contributed by atoms with Gasteiger partial charge < -0.3 is 24.3 Å². The van der Waals surface area contributed by atoms with Crippen molar-refractivity contribution < 1.29 is 19.3 Å². The van der Waals surface area contributed by atoms with Crippen LogP contribution in [-0.2, 0) is 9.47 Å². The van der Waals surface area contributed by atoms with Crippen LogP contribution in [0.3, 0.4) is 0 Å². The van der Waals surface area contributed by atoms with Gasteiger partial charge in [-0.25, -0.2) is 0 Å². The van der Waals surface area contributed by atoms with Gasteiger partial charge in [0.05, 0.1) is 13.2 Å². The third kappa shape index (κ3) is 1.82. The van der Waals surface area contributed by atoms with Gasteiger partial charge in [0.25, 0.3) is 0 Å². The first kappa shape index (κ1) is 11.3. The van der Waals surface area contributed by atoms with Crippen LogP contribution in [0.15, 0.2) is 30.5 Å². The van der Waals surface area contributed by atoms with E-state index >= 15 is 0 Å². The molecule has 3 heterocycles. The summed E-state index contributed by atoms with van der Waals surface area (Å²) in [4.78, 5) is 3.15. The Bertz CT molecular complexity index is 596. The highest BCUT2D eigenvalue weighted by atomic mass is 16.6. The van der Waals surface area contributed by atoms with E-state index in [1.807, 2.05) is 30.5 Å². The van der Waals surface area contributed by atoms with E-state index in [-0.39, 0.29) is 18.3 Å². The van der Waals surface area contributed by atoms with Gasteiger partial charge in [0.1, 0.15) is 24.1 Å². The third-order valence-corrected chi connectivity index (χ3v) is 3.79. The molecule has 0 spiro atoms. The van der Waals surface area contributed by atoms with Crippen molar-refractivity contribution in [3.63, 3.8) is 0 Å². The van der Waals surface area contributed by atoms with Gasteiger partial charge in [-0.15, -0.1) is 0 Å². The molecule has 5 nitrogen and oxygen atoms in total. The number of aliphatic hydroxyl groups is 1.